The maximum atomic E-state index is 13.9. The number of halogens is 4. The van der Waals surface area contributed by atoms with E-state index in [1.165, 1.54) is 16.7 Å². The number of thiazole rings is 1. The van der Waals surface area contributed by atoms with Crippen molar-refractivity contribution in [2.75, 3.05) is 19.6 Å². The van der Waals surface area contributed by atoms with E-state index in [4.69, 9.17) is 11.6 Å². The van der Waals surface area contributed by atoms with E-state index in [1.807, 2.05) is 0 Å². The number of likely N-dealkylation sites (tertiary alicyclic amines) is 1. The van der Waals surface area contributed by atoms with Gasteiger partial charge in [-0.05, 0) is 66.6 Å². The highest BCUT2D eigenvalue weighted by Gasteiger charge is 2.34. The van der Waals surface area contributed by atoms with E-state index in [9.17, 15) is 23.1 Å². The molecule has 0 bridgehead atoms. The van der Waals surface area contributed by atoms with Crippen LogP contribution in [-0.2, 0) is 19.1 Å². The Labute approximate surface area is 213 Å². The van der Waals surface area contributed by atoms with Crippen LogP contribution in [0.15, 0.2) is 51.4 Å². The standard InChI is InChI=1S/C25H22ClF3N4O2S/c26-18-5-3-16(20(13-18)25(27,28)29)12-19(15-4-6-21-17(11-15)14-30-31-21)22-23(34)33(24(35)36-22)10-9-32-7-1-2-8-32/h3-6,11,13-14,34H,1-2,7-10,12H2. The molecule has 1 saturated heterocycles. The molecule has 2 aromatic carbocycles. The van der Waals surface area contributed by atoms with Gasteiger partial charge in [0.2, 0.25) is 5.88 Å². The van der Waals surface area contributed by atoms with Crippen molar-refractivity contribution in [1.82, 2.24) is 9.47 Å². The van der Waals surface area contributed by atoms with Gasteiger partial charge in [0.25, 0.3) is 0 Å². The highest BCUT2D eigenvalue weighted by atomic mass is 35.5. The van der Waals surface area contributed by atoms with Gasteiger partial charge >= 0.3 is 11.0 Å². The molecule has 36 heavy (non-hydrogen) atoms. The average Bonchev–Trinajstić information content (AvgIpc) is 3.57. The zero-order valence-corrected chi connectivity index (χ0v) is 20.6. The Hall–Kier alpha value is -2.95. The number of aromatic nitrogens is 1. The van der Waals surface area contributed by atoms with E-state index in [0.717, 1.165) is 43.3 Å². The second-order valence-corrected chi connectivity index (χ2v) is 10.2. The molecule has 1 aromatic heterocycles. The summed E-state index contributed by atoms with van der Waals surface area (Å²) in [7, 11) is 0. The largest absolute Gasteiger partial charge is 0.493 e. The molecular formula is C25H22ClF3N4O2S. The Bertz CT molecular complexity index is 1520. The molecular weight excluding hydrogens is 513 g/mol. The third kappa shape index (κ3) is 4.98. The van der Waals surface area contributed by atoms with Crippen molar-refractivity contribution in [3.63, 3.8) is 0 Å². The van der Waals surface area contributed by atoms with Crippen molar-refractivity contribution in [1.29, 1.82) is 0 Å². The summed E-state index contributed by atoms with van der Waals surface area (Å²) < 4.78 is 42.9. The second kappa shape index (κ2) is 9.84. The highest BCUT2D eigenvalue weighted by Crippen LogP contribution is 2.37. The first-order valence-corrected chi connectivity index (χ1v) is 12.7. The summed E-state index contributed by atoms with van der Waals surface area (Å²) in [5.41, 5.74) is 0.248. The molecule has 188 valence electrons. The van der Waals surface area contributed by atoms with E-state index in [1.54, 1.807) is 24.4 Å². The van der Waals surface area contributed by atoms with E-state index in [0.29, 0.717) is 34.8 Å². The van der Waals surface area contributed by atoms with Crippen molar-refractivity contribution in [2.24, 2.45) is 10.2 Å². The quantitative estimate of drug-likeness (QED) is 0.523. The molecule has 0 aliphatic carbocycles. The Balaban J connectivity index is 1.63. The predicted molar refractivity (Wildman–Crippen MR) is 133 cm³/mol. The molecule has 3 heterocycles. The molecule has 6 nitrogen and oxygen atoms in total. The molecule has 11 heteroatoms. The molecule has 0 saturated carbocycles. The summed E-state index contributed by atoms with van der Waals surface area (Å²) in [5, 5.41) is 20.2. The molecule has 0 spiro atoms. The molecule has 3 aromatic rings. The van der Waals surface area contributed by atoms with E-state index >= 15 is 0 Å². The van der Waals surface area contributed by atoms with Gasteiger partial charge in [-0.3, -0.25) is 9.36 Å². The van der Waals surface area contributed by atoms with Crippen LogP contribution in [0.2, 0.25) is 5.02 Å². The van der Waals surface area contributed by atoms with Crippen LogP contribution in [0.4, 0.5) is 13.2 Å². The fourth-order valence-corrected chi connectivity index (χ4v) is 5.75. The average molecular weight is 535 g/mol. The van der Waals surface area contributed by atoms with Gasteiger partial charge in [0.1, 0.15) is 0 Å². The number of nitrogens with zero attached hydrogens (tertiary/aromatic N) is 4. The molecule has 1 fully saturated rings. The number of rotatable bonds is 6. The van der Waals surface area contributed by atoms with Crippen molar-refractivity contribution in [3.8, 4) is 5.88 Å². The highest BCUT2D eigenvalue weighted by molar-refractivity contribution is 7.10. The normalized spacial score (nSPS) is 16.3. The van der Waals surface area contributed by atoms with Crippen molar-refractivity contribution >= 4 is 34.7 Å². The molecule has 0 amide bonds. The lowest BCUT2D eigenvalue weighted by molar-refractivity contribution is -0.138. The number of aromatic hydroxyl groups is 1. The van der Waals surface area contributed by atoms with Gasteiger partial charge in [0.15, 0.2) is 0 Å². The van der Waals surface area contributed by atoms with E-state index in [2.05, 4.69) is 15.1 Å². The van der Waals surface area contributed by atoms with Crippen LogP contribution in [0, 0.1) is 0 Å². The van der Waals surface area contributed by atoms with Crippen LogP contribution >= 0.6 is 22.9 Å². The van der Waals surface area contributed by atoms with Crippen molar-refractivity contribution < 1.29 is 18.3 Å². The number of hydrogen-bond donors (Lipinski definition) is 1. The van der Waals surface area contributed by atoms with Crippen LogP contribution in [0.5, 0.6) is 5.88 Å². The lowest BCUT2D eigenvalue weighted by atomic mass is 9.96. The SMILES string of the molecule is O=c1sc(C(Cc2ccc(Cl)cc2C(F)(F)F)=c2ccc3c(c2)C=NN=3)c(O)n1CCN1CCCC1. The second-order valence-electron chi connectivity index (χ2n) is 8.79. The first kappa shape index (κ1) is 24.7. The van der Waals surface area contributed by atoms with Gasteiger partial charge < -0.3 is 10.0 Å². The monoisotopic (exact) mass is 534 g/mol. The minimum absolute atomic E-state index is 0.00961. The summed E-state index contributed by atoms with van der Waals surface area (Å²) in [6.45, 7) is 2.81. The van der Waals surface area contributed by atoms with E-state index in [-0.39, 0.29) is 32.6 Å². The first-order chi connectivity index (χ1) is 17.2. The van der Waals surface area contributed by atoms with Gasteiger partial charge in [0.05, 0.1) is 22.0 Å². The summed E-state index contributed by atoms with van der Waals surface area (Å²) in [5.74, 6) is -0.236. The van der Waals surface area contributed by atoms with Crippen LogP contribution in [0.1, 0.15) is 34.4 Å². The molecule has 5 rings (SSSR count). The minimum Gasteiger partial charge on any atom is -0.493 e. The Morgan fingerprint density at radius 3 is 2.64 bits per heavy atom. The molecule has 2 aliphatic heterocycles. The topological polar surface area (TPSA) is 70.2 Å². The Morgan fingerprint density at radius 2 is 1.89 bits per heavy atom. The van der Waals surface area contributed by atoms with Gasteiger partial charge in [-0.1, -0.05) is 35.1 Å². The fourth-order valence-electron chi connectivity index (χ4n) is 4.60. The summed E-state index contributed by atoms with van der Waals surface area (Å²) in [6.07, 6.45) is -1.03. The minimum atomic E-state index is -4.62. The number of benzene rings is 2. The van der Waals surface area contributed by atoms with Gasteiger partial charge in [-0.25, -0.2) is 0 Å². The van der Waals surface area contributed by atoms with Crippen molar-refractivity contribution in [3.05, 3.63) is 83.2 Å². The Kier molecular flexibility index (Phi) is 6.76. The van der Waals surface area contributed by atoms with Gasteiger partial charge in [0, 0.05) is 30.1 Å². The first-order valence-electron chi connectivity index (χ1n) is 11.5. The molecule has 0 radical (unpaired) electrons. The third-order valence-corrected chi connectivity index (χ3v) is 7.73. The van der Waals surface area contributed by atoms with Crippen LogP contribution in [0.3, 0.4) is 0 Å². The number of alkyl halides is 3. The van der Waals surface area contributed by atoms with Crippen LogP contribution in [0.25, 0.3) is 5.57 Å². The number of fused-ring (bicyclic) bond motifs is 1. The van der Waals surface area contributed by atoms with E-state index < -0.39 is 11.7 Å². The molecule has 0 atom stereocenters. The fraction of sp³-hybridized carbons (Fsp3) is 0.320. The maximum Gasteiger partial charge on any atom is 0.416 e. The molecule has 2 aliphatic rings. The molecule has 1 N–H and O–H groups in total. The lowest BCUT2D eigenvalue weighted by Gasteiger charge is -2.16. The molecule has 0 unspecified atom stereocenters. The zero-order chi connectivity index (χ0) is 25.4. The third-order valence-electron chi connectivity index (χ3n) is 6.46. The van der Waals surface area contributed by atoms with Gasteiger partial charge in [-0.15, -0.1) is 0 Å². The smallest absolute Gasteiger partial charge is 0.416 e. The summed E-state index contributed by atoms with van der Waals surface area (Å²) in [6, 6.07) is 8.82. The summed E-state index contributed by atoms with van der Waals surface area (Å²) >= 11 is 6.71. The zero-order valence-electron chi connectivity index (χ0n) is 19.1. The van der Waals surface area contributed by atoms with Crippen LogP contribution < -0.4 is 15.4 Å². The summed E-state index contributed by atoms with van der Waals surface area (Å²) in [4.78, 5) is 15.0. The lowest BCUT2D eigenvalue weighted by Crippen LogP contribution is -2.26. The van der Waals surface area contributed by atoms with Crippen molar-refractivity contribution in [2.45, 2.75) is 32.0 Å². The van der Waals surface area contributed by atoms with Gasteiger partial charge in [-0.2, -0.15) is 23.4 Å². The Morgan fingerprint density at radius 1 is 1.11 bits per heavy atom. The predicted octanol–water partition coefficient (Wildman–Crippen LogP) is 3.79. The maximum absolute atomic E-state index is 13.9. The van der Waals surface area contributed by atoms with Crippen LogP contribution in [-0.4, -0.2) is 40.4 Å². The number of hydrogen-bond acceptors (Lipinski definition) is 6.